The molecule has 8 heteroatoms. The smallest absolute Gasteiger partial charge is 0.255 e. The molecule has 30 heavy (non-hydrogen) atoms. The lowest BCUT2D eigenvalue weighted by molar-refractivity contribution is -0.114. The van der Waals surface area contributed by atoms with Crippen molar-refractivity contribution >= 4 is 34.2 Å². The summed E-state index contributed by atoms with van der Waals surface area (Å²) < 4.78 is 27.5. The summed E-state index contributed by atoms with van der Waals surface area (Å²) in [7, 11) is 0. The van der Waals surface area contributed by atoms with Crippen molar-refractivity contribution < 1.29 is 18.4 Å². The third-order valence-corrected chi connectivity index (χ3v) is 4.39. The molecule has 3 aromatic carbocycles. The summed E-state index contributed by atoms with van der Waals surface area (Å²) >= 11 is 0. The van der Waals surface area contributed by atoms with E-state index in [1.165, 1.54) is 6.92 Å². The number of aromatic amines is 1. The molecule has 0 unspecified atom stereocenters. The minimum atomic E-state index is -0.591. The maximum absolute atomic E-state index is 14.0. The van der Waals surface area contributed by atoms with Crippen LogP contribution in [-0.4, -0.2) is 21.8 Å². The van der Waals surface area contributed by atoms with Crippen molar-refractivity contribution in [1.29, 1.82) is 0 Å². The monoisotopic (exact) mass is 406 g/mol. The molecule has 2 amide bonds. The average Bonchev–Trinajstić information content (AvgIpc) is 3.13. The first-order valence-electron chi connectivity index (χ1n) is 9.03. The van der Waals surface area contributed by atoms with Crippen molar-refractivity contribution in [3.8, 4) is 11.4 Å². The van der Waals surface area contributed by atoms with Crippen LogP contribution in [0.25, 0.3) is 22.4 Å². The van der Waals surface area contributed by atoms with E-state index in [1.54, 1.807) is 42.5 Å². The summed E-state index contributed by atoms with van der Waals surface area (Å²) in [4.78, 5) is 30.8. The summed E-state index contributed by atoms with van der Waals surface area (Å²) in [6.07, 6.45) is 0. The van der Waals surface area contributed by atoms with Gasteiger partial charge in [0.2, 0.25) is 5.91 Å². The van der Waals surface area contributed by atoms with Gasteiger partial charge in [0.05, 0.1) is 16.6 Å². The van der Waals surface area contributed by atoms with Crippen LogP contribution >= 0.6 is 0 Å². The first-order valence-corrected chi connectivity index (χ1v) is 9.03. The van der Waals surface area contributed by atoms with Gasteiger partial charge in [0.15, 0.2) is 0 Å². The number of carbonyl (C=O) groups is 2. The molecule has 0 aliphatic heterocycles. The Balaban J connectivity index is 1.56. The number of carbonyl (C=O) groups excluding carboxylic acids is 2. The van der Waals surface area contributed by atoms with Gasteiger partial charge in [0.25, 0.3) is 5.91 Å². The number of H-pyrrole nitrogens is 1. The number of fused-ring (bicyclic) bond motifs is 1. The van der Waals surface area contributed by atoms with E-state index in [4.69, 9.17) is 0 Å². The first kappa shape index (κ1) is 19.3. The Kier molecular flexibility index (Phi) is 4.97. The highest BCUT2D eigenvalue weighted by atomic mass is 19.1. The molecular weight excluding hydrogens is 390 g/mol. The Morgan fingerprint density at radius 1 is 0.900 bits per heavy atom. The number of imidazole rings is 1. The molecule has 0 spiro atoms. The maximum Gasteiger partial charge on any atom is 0.255 e. The zero-order valence-electron chi connectivity index (χ0n) is 15.8. The minimum Gasteiger partial charge on any atom is -0.338 e. The Hall–Kier alpha value is -4.07. The normalized spacial score (nSPS) is 10.8. The molecule has 0 fully saturated rings. The number of anilines is 2. The van der Waals surface area contributed by atoms with Gasteiger partial charge in [-0.15, -0.1) is 0 Å². The van der Waals surface area contributed by atoms with Crippen molar-refractivity contribution in [3.63, 3.8) is 0 Å². The van der Waals surface area contributed by atoms with Crippen LogP contribution < -0.4 is 10.6 Å². The molecule has 0 saturated heterocycles. The van der Waals surface area contributed by atoms with Gasteiger partial charge in [0, 0.05) is 23.9 Å². The average molecular weight is 406 g/mol. The van der Waals surface area contributed by atoms with Crippen molar-refractivity contribution in [2.75, 3.05) is 10.6 Å². The van der Waals surface area contributed by atoms with Crippen molar-refractivity contribution in [2.24, 2.45) is 0 Å². The standard InChI is InChI=1S/C22H16F2N4O2/c1-12(29)25-15-5-2-13(3-6-15)22(30)26-16-7-9-19-20(11-16)28-21(27-19)17-10-14(23)4-8-18(17)24/h2-11H,1H3,(H,25,29)(H,26,30)(H,27,28). The van der Waals surface area contributed by atoms with E-state index in [0.717, 1.165) is 18.2 Å². The maximum atomic E-state index is 14.0. The lowest BCUT2D eigenvalue weighted by Crippen LogP contribution is -2.12. The van der Waals surface area contributed by atoms with Crippen LogP contribution in [0.5, 0.6) is 0 Å². The number of nitrogens with zero attached hydrogens (tertiary/aromatic N) is 1. The van der Waals surface area contributed by atoms with Crippen LogP contribution in [0, 0.1) is 11.6 Å². The Morgan fingerprint density at radius 2 is 1.63 bits per heavy atom. The molecule has 4 aromatic rings. The molecule has 0 bridgehead atoms. The van der Waals surface area contributed by atoms with E-state index >= 15 is 0 Å². The Morgan fingerprint density at radius 3 is 2.37 bits per heavy atom. The summed E-state index contributed by atoms with van der Waals surface area (Å²) in [6.45, 7) is 1.40. The summed E-state index contributed by atoms with van der Waals surface area (Å²) in [6, 6.07) is 14.6. The SMILES string of the molecule is CC(=O)Nc1ccc(C(=O)Nc2ccc3nc(-c4cc(F)ccc4F)[nH]c3c2)cc1. The van der Waals surface area contributed by atoms with Gasteiger partial charge in [-0.25, -0.2) is 13.8 Å². The molecule has 0 aliphatic carbocycles. The molecule has 1 aromatic heterocycles. The predicted molar refractivity (Wildman–Crippen MR) is 110 cm³/mol. The van der Waals surface area contributed by atoms with Crippen LogP contribution in [0.2, 0.25) is 0 Å². The molecule has 3 N–H and O–H groups in total. The predicted octanol–water partition coefficient (Wildman–Crippen LogP) is 4.72. The van der Waals surface area contributed by atoms with E-state index in [1.807, 2.05) is 0 Å². The highest BCUT2D eigenvalue weighted by molar-refractivity contribution is 6.05. The highest BCUT2D eigenvalue weighted by Crippen LogP contribution is 2.25. The molecule has 0 aliphatic rings. The van der Waals surface area contributed by atoms with E-state index in [0.29, 0.717) is 28.0 Å². The summed E-state index contributed by atoms with van der Waals surface area (Å²) in [5.74, 6) is -1.49. The molecule has 6 nitrogen and oxygen atoms in total. The summed E-state index contributed by atoms with van der Waals surface area (Å²) in [5, 5.41) is 5.40. The van der Waals surface area contributed by atoms with Crippen LogP contribution in [0.3, 0.4) is 0 Å². The van der Waals surface area contributed by atoms with Gasteiger partial charge in [-0.3, -0.25) is 9.59 Å². The Bertz CT molecular complexity index is 1270. The molecule has 0 atom stereocenters. The number of rotatable bonds is 4. The largest absolute Gasteiger partial charge is 0.338 e. The van der Waals surface area contributed by atoms with Gasteiger partial charge >= 0.3 is 0 Å². The lowest BCUT2D eigenvalue weighted by atomic mass is 10.2. The molecule has 0 saturated carbocycles. The fourth-order valence-corrected chi connectivity index (χ4v) is 3.01. The van der Waals surface area contributed by atoms with Crippen molar-refractivity contribution in [2.45, 2.75) is 6.92 Å². The van der Waals surface area contributed by atoms with E-state index in [2.05, 4.69) is 20.6 Å². The van der Waals surface area contributed by atoms with Crippen molar-refractivity contribution in [1.82, 2.24) is 9.97 Å². The second kappa shape index (κ2) is 7.75. The number of nitrogens with one attached hydrogen (secondary N) is 3. The Labute approximate surface area is 170 Å². The fourth-order valence-electron chi connectivity index (χ4n) is 3.01. The van der Waals surface area contributed by atoms with E-state index in [-0.39, 0.29) is 23.2 Å². The molecule has 0 radical (unpaired) electrons. The van der Waals surface area contributed by atoms with Crippen LogP contribution in [0.15, 0.2) is 60.7 Å². The van der Waals surface area contributed by atoms with Crippen molar-refractivity contribution in [3.05, 3.63) is 77.9 Å². The fraction of sp³-hybridized carbons (Fsp3) is 0.0455. The van der Waals surface area contributed by atoms with E-state index in [9.17, 15) is 18.4 Å². The number of benzene rings is 3. The third kappa shape index (κ3) is 4.02. The molecule has 1 heterocycles. The van der Waals surface area contributed by atoms with E-state index < -0.39 is 11.6 Å². The number of aromatic nitrogens is 2. The third-order valence-electron chi connectivity index (χ3n) is 4.39. The zero-order valence-corrected chi connectivity index (χ0v) is 15.8. The highest BCUT2D eigenvalue weighted by Gasteiger charge is 2.13. The quantitative estimate of drug-likeness (QED) is 0.458. The number of amides is 2. The zero-order chi connectivity index (χ0) is 21.3. The van der Waals surface area contributed by atoms with Crippen LogP contribution in [0.1, 0.15) is 17.3 Å². The first-order chi connectivity index (χ1) is 14.4. The van der Waals surface area contributed by atoms with Gasteiger partial charge in [-0.2, -0.15) is 0 Å². The number of halogens is 2. The van der Waals surface area contributed by atoms with Crippen LogP contribution in [0.4, 0.5) is 20.2 Å². The van der Waals surface area contributed by atoms with Gasteiger partial charge in [0.1, 0.15) is 17.5 Å². The van der Waals surface area contributed by atoms with Crippen LogP contribution in [-0.2, 0) is 4.79 Å². The van der Waals surface area contributed by atoms with Gasteiger partial charge in [-0.1, -0.05) is 0 Å². The molecular formula is C22H16F2N4O2. The topological polar surface area (TPSA) is 86.9 Å². The second-order valence-electron chi connectivity index (χ2n) is 6.65. The summed E-state index contributed by atoms with van der Waals surface area (Å²) in [5.41, 5.74) is 2.65. The molecule has 150 valence electrons. The lowest BCUT2D eigenvalue weighted by Gasteiger charge is -2.07. The number of hydrogen-bond acceptors (Lipinski definition) is 3. The van der Waals surface area contributed by atoms with Gasteiger partial charge < -0.3 is 15.6 Å². The number of hydrogen-bond donors (Lipinski definition) is 3. The van der Waals surface area contributed by atoms with Gasteiger partial charge in [-0.05, 0) is 60.7 Å². The minimum absolute atomic E-state index is 0.0241. The second-order valence-corrected chi connectivity index (χ2v) is 6.65. The molecule has 4 rings (SSSR count).